The Morgan fingerprint density at radius 2 is 1.85 bits per heavy atom. The van der Waals surface area contributed by atoms with Gasteiger partial charge in [-0.05, 0) is 38.5 Å². The largest absolute Gasteiger partial charge is 0.462 e. The van der Waals surface area contributed by atoms with Crippen molar-refractivity contribution >= 4 is 39.7 Å². The maximum atomic E-state index is 12.3. The Morgan fingerprint density at radius 1 is 1.12 bits per heavy atom. The van der Waals surface area contributed by atoms with Crippen molar-refractivity contribution in [1.29, 1.82) is 0 Å². The van der Waals surface area contributed by atoms with Crippen molar-refractivity contribution in [2.75, 3.05) is 23.8 Å². The SMILES string of the molecule is CCOC(=O)c1cc(CC)sc1NC(=O)CNc1ccccc1C(C)=O. The Balaban J connectivity index is 2.07. The Kier molecular flexibility index (Phi) is 6.91. The van der Waals surface area contributed by atoms with Crippen molar-refractivity contribution in [2.24, 2.45) is 0 Å². The number of hydrogen-bond donors (Lipinski definition) is 2. The van der Waals surface area contributed by atoms with E-state index in [1.54, 1.807) is 37.3 Å². The van der Waals surface area contributed by atoms with E-state index in [9.17, 15) is 14.4 Å². The van der Waals surface area contributed by atoms with Gasteiger partial charge in [0, 0.05) is 16.1 Å². The summed E-state index contributed by atoms with van der Waals surface area (Å²) in [5, 5.41) is 6.20. The third-order valence-electron chi connectivity index (χ3n) is 3.63. The second kappa shape index (κ2) is 9.15. The zero-order valence-corrected chi connectivity index (χ0v) is 15.9. The fourth-order valence-corrected chi connectivity index (χ4v) is 3.36. The number of para-hydroxylation sites is 1. The molecule has 0 spiro atoms. The average Bonchev–Trinajstić information content (AvgIpc) is 3.03. The molecule has 1 heterocycles. The van der Waals surface area contributed by atoms with Gasteiger partial charge in [0.15, 0.2) is 5.78 Å². The Bertz CT molecular complexity index is 814. The molecule has 0 atom stereocenters. The molecule has 2 aromatic rings. The summed E-state index contributed by atoms with van der Waals surface area (Å²) < 4.78 is 5.04. The van der Waals surface area contributed by atoms with Crippen LogP contribution in [0.3, 0.4) is 0 Å². The maximum absolute atomic E-state index is 12.3. The molecule has 1 aromatic heterocycles. The number of rotatable bonds is 8. The molecule has 0 aliphatic heterocycles. The van der Waals surface area contributed by atoms with Crippen LogP contribution in [-0.2, 0) is 16.0 Å². The summed E-state index contributed by atoms with van der Waals surface area (Å²) in [6.45, 7) is 5.44. The lowest BCUT2D eigenvalue weighted by molar-refractivity contribution is -0.114. The highest BCUT2D eigenvalue weighted by Crippen LogP contribution is 2.29. The molecule has 2 N–H and O–H groups in total. The standard InChI is InChI=1S/C19H22N2O4S/c1-4-13-10-15(19(24)25-5-2)18(26-13)21-17(23)11-20-16-9-7-6-8-14(16)12(3)22/h6-10,20H,4-5,11H2,1-3H3,(H,21,23). The van der Waals surface area contributed by atoms with E-state index in [4.69, 9.17) is 4.74 Å². The quantitative estimate of drug-likeness (QED) is 0.543. The molecule has 0 aliphatic rings. The van der Waals surface area contributed by atoms with Gasteiger partial charge in [-0.15, -0.1) is 11.3 Å². The van der Waals surface area contributed by atoms with Crippen LogP contribution in [0.2, 0.25) is 0 Å². The topological polar surface area (TPSA) is 84.5 Å². The van der Waals surface area contributed by atoms with Crippen LogP contribution in [0.1, 0.15) is 46.4 Å². The number of thiophene rings is 1. The monoisotopic (exact) mass is 374 g/mol. The highest BCUT2D eigenvalue weighted by Gasteiger charge is 2.18. The van der Waals surface area contributed by atoms with E-state index in [1.807, 2.05) is 6.92 Å². The maximum Gasteiger partial charge on any atom is 0.341 e. The van der Waals surface area contributed by atoms with Gasteiger partial charge in [-0.3, -0.25) is 9.59 Å². The Morgan fingerprint density at radius 3 is 2.50 bits per heavy atom. The number of ketones is 1. The summed E-state index contributed by atoms with van der Waals surface area (Å²) in [4.78, 5) is 37.0. The van der Waals surface area contributed by atoms with E-state index in [0.29, 0.717) is 21.8 Å². The van der Waals surface area contributed by atoms with Gasteiger partial charge in [0.2, 0.25) is 5.91 Å². The van der Waals surface area contributed by atoms with Crippen LogP contribution >= 0.6 is 11.3 Å². The first kappa shape index (κ1) is 19.7. The van der Waals surface area contributed by atoms with Gasteiger partial charge in [0.05, 0.1) is 18.7 Å². The van der Waals surface area contributed by atoms with Crippen molar-refractivity contribution in [2.45, 2.75) is 27.2 Å². The first-order valence-corrected chi connectivity index (χ1v) is 9.21. The fourth-order valence-electron chi connectivity index (χ4n) is 2.36. The number of anilines is 2. The molecular weight excluding hydrogens is 352 g/mol. The number of benzene rings is 1. The average molecular weight is 374 g/mol. The molecule has 2 rings (SSSR count). The second-order valence-electron chi connectivity index (χ2n) is 5.53. The van der Waals surface area contributed by atoms with Gasteiger partial charge < -0.3 is 15.4 Å². The molecule has 0 saturated heterocycles. The van der Waals surface area contributed by atoms with Crippen molar-refractivity contribution in [3.63, 3.8) is 0 Å². The molecule has 0 fully saturated rings. The molecule has 0 saturated carbocycles. The molecule has 0 radical (unpaired) electrons. The number of esters is 1. The van der Waals surface area contributed by atoms with Gasteiger partial charge in [0.1, 0.15) is 5.00 Å². The predicted octanol–water partition coefficient (Wildman–Crippen LogP) is 3.74. The van der Waals surface area contributed by atoms with Crippen LogP contribution in [0.25, 0.3) is 0 Å². The third kappa shape index (κ3) is 4.92. The molecule has 0 bridgehead atoms. The van der Waals surface area contributed by atoms with Crippen LogP contribution in [0.15, 0.2) is 30.3 Å². The zero-order valence-electron chi connectivity index (χ0n) is 15.0. The van der Waals surface area contributed by atoms with Crippen molar-refractivity contribution in [3.05, 3.63) is 46.3 Å². The van der Waals surface area contributed by atoms with Gasteiger partial charge in [-0.1, -0.05) is 19.1 Å². The predicted molar refractivity (Wildman–Crippen MR) is 103 cm³/mol. The third-order valence-corrected chi connectivity index (χ3v) is 4.82. The summed E-state index contributed by atoms with van der Waals surface area (Å²) in [5.74, 6) is -0.837. The molecule has 1 aromatic carbocycles. The molecule has 6 nitrogen and oxygen atoms in total. The molecule has 1 amide bonds. The number of hydrogen-bond acceptors (Lipinski definition) is 6. The first-order valence-electron chi connectivity index (χ1n) is 8.39. The van der Waals surface area contributed by atoms with E-state index < -0.39 is 5.97 Å². The van der Waals surface area contributed by atoms with Crippen LogP contribution in [-0.4, -0.2) is 30.8 Å². The first-order chi connectivity index (χ1) is 12.5. The van der Waals surface area contributed by atoms with Crippen LogP contribution in [0.4, 0.5) is 10.7 Å². The minimum Gasteiger partial charge on any atom is -0.462 e. The van der Waals surface area contributed by atoms with E-state index in [2.05, 4.69) is 10.6 Å². The highest BCUT2D eigenvalue weighted by atomic mass is 32.1. The minimum atomic E-state index is -0.450. The van der Waals surface area contributed by atoms with Crippen LogP contribution < -0.4 is 10.6 Å². The molecule has 138 valence electrons. The number of ether oxygens (including phenoxy) is 1. The molecular formula is C19H22N2O4S. The normalized spacial score (nSPS) is 10.3. The number of amides is 1. The number of aryl methyl sites for hydroxylation is 1. The summed E-state index contributed by atoms with van der Waals surface area (Å²) >= 11 is 1.36. The van der Waals surface area contributed by atoms with E-state index in [1.165, 1.54) is 18.3 Å². The number of Topliss-reactive ketones (excluding diaryl/α,β-unsaturated/α-hetero) is 1. The van der Waals surface area contributed by atoms with Crippen molar-refractivity contribution in [3.8, 4) is 0 Å². The molecule has 0 unspecified atom stereocenters. The lowest BCUT2D eigenvalue weighted by Crippen LogP contribution is -2.23. The Labute approximate surface area is 156 Å². The Hall–Kier alpha value is -2.67. The van der Waals surface area contributed by atoms with Crippen molar-refractivity contribution in [1.82, 2.24) is 0 Å². The van der Waals surface area contributed by atoms with Gasteiger partial charge in [-0.2, -0.15) is 0 Å². The van der Waals surface area contributed by atoms with Crippen molar-refractivity contribution < 1.29 is 19.1 Å². The molecule has 26 heavy (non-hydrogen) atoms. The summed E-state index contributed by atoms with van der Waals surface area (Å²) in [7, 11) is 0. The smallest absolute Gasteiger partial charge is 0.341 e. The lowest BCUT2D eigenvalue weighted by atomic mass is 10.1. The van der Waals surface area contributed by atoms with Crippen LogP contribution in [0, 0.1) is 0 Å². The summed E-state index contributed by atoms with van der Waals surface area (Å²) in [6.07, 6.45) is 0.761. The highest BCUT2D eigenvalue weighted by molar-refractivity contribution is 7.16. The van der Waals surface area contributed by atoms with Gasteiger partial charge in [0.25, 0.3) is 0 Å². The van der Waals surface area contributed by atoms with E-state index in [-0.39, 0.29) is 24.8 Å². The zero-order chi connectivity index (χ0) is 19.1. The van der Waals surface area contributed by atoms with E-state index >= 15 is 0 Å². The number of nitrogens with one attached hydrogen (secondary N) is 2. The molecule has 7 heteroatoms. The van der Waals surface area contributed by atoms with Gasteiger partial charge in [-0.25, -0.2) is 4.79 Å². The second-order valence-corrected chi connectivity index (χ2v) is 6.67. The summed E-state index contributed by atoms with van der Waals surface area (Å²) in [5.41, 5.74) is 1.49. The summed E-state index contributed by atoms with van der Waals surface area (Å²) in [6, 6.07) is 8.75. The fraction of sp³-hybridized carbons (Fsp3) is 0.316. The molecule has 0 aliphatic carbocycles. The number of carbonyl (C=O) groups excluding carboxylic acids is 3. The number of carbonyl (C=O) groups is 3. The van der Waals surface area contributed by atoms with Gasteiger partial charge >= 0.3 is 5.97 Å². The van der Waals surface area contributed by atoms with Crippen LogP contribution in [0.5, 0.6) is 0 Å². The van der Waals surface area contributed by atoms with E-state index in [0.717, 1.165) is 11.3 Å². The lowest BCUT2D eigenvalue weighted by Gasteiger charge is -2.10. The minimum absolute atomic E-state index is 0.0219.